The molecule has 1 fully saturated rings. The van der Waals surface area contributed by atoms with Gasteiger partial charge in [0.1, 0.15) is 5.82 Å². The molecule has 138 valence electrons. The molecule has 2 aliphatic rings. The first-order valence-corrected chi connectivity index (χ1v) is 10.4. The lowest BCUT2D eigenvalue weighted by atomic mass is 10.2. The summed E-state index contributed by atoms with van der Waals surface area (Å²) in [6, 6.07) is 10.4. The molecule has 0 saturated carbocycles. The molecule has 3 heterocycles. The Morgan fingerprint density at radius 3 is 2.58 bits per heavy atom. The van der Waals surface area contributed by atoms with Crippen molar-refractivity contribution in [1.29, 1.82) is 0 Å². The molecule has 1 aromatic heterocycles. The van der Waals surface area contributed by atoms with Crippen LogP contribution in [0, 0.1) is 0 Å². The Bertz CT molecular complexity index is 740. The average molecular weight is 372 g/mol. The molecule has 0 aliphatic carbocycles. The monoisotopic (exact) mass is 371 g/mol. The average Bonchev–Trinajstić information content (AvgIpc) is 2.93. The van der Waals surface area contributed by atoms with Gasteiger partial charge in [-0.05, 0) is 25.0 Å². The Labute approximate surface area is 158 Å². The van der Waals surface area contributed by atoms with E-state index >= 15 is 0 Å². The van der Waals surface area contributed by atoms with Gasteiger partial charge in [0.15, 0.2) is 5.16 Å². The van der Waals surface area contributed by atoms with Crippen molar-refractivity contribution in [3.8, 4) is 0 Å². The fourth-order valence-corrected chi connectivity index (χ4v) is 4.52. The third kappa shape index (κ3) is 3.87. The fraction of sp³-hybridized carbons (Fsp3) is 0.526. The van der Waals surface area contributed by atoms with E-state index in [1.165, 1.54) is 36.7 Å². The largest absolute Gasteiger partial charge is 0.368 e. The van der Waals surface area contributed by atoms with Gasteiger partial charge in [-0.25, -0.2) is 0 Å². The Balaban J connectivity index is 1.29. The molecule has 4 rings (SSSR count). The third-order valence-electron chi connectivity index (χ3n) is 5.15. The quantitative estimate of drug-likeness (QED) is 0.773. The van der Waals surface area contributed by atoms with E-state index in [-0.39, 0.29) is 5.91 Å². The zero-order valence-corrected chi connectivity index (χ0v) is 15.8. The normalized spacial score (nSPS) is 17.7. The Morgan fingerprint density at radius 2 is 1.77 bits per heavy atom. The van der Waals surface area contributed by atoms with E-state index in [4.69, 9.17) is 0 Å². The number of fused-ring (bicyclic) bond motifs is 1. The van der Waals surface area contributed by atoms with E-state index in [0.29, 0.717) is 5.75 Å². The summed E-state index contributed by atoms with van der Waals surface area (Å²) >= 11 is 1.53. The van der Waals surface area contributed by atoms with Crippen LogP contribution in [0.15, 0.2) is 35.5 Å². The second kappa shape index (κ2) is 8.12. The molecule has 7 heteroatoms. The summed E-state index contributed by atoms with van der Waals surface area (Å²) in [5.41, 5.74) is 1.24. The zero-order valence-electron chi connectivity index (χ0n) is 15.0. The molecule has 26 heavy (non-hydrogen) atoms. The standard InChI is InChI=1S/C19H25N5OS/c25-18(15-26-19-21-20-17-9-5-2-6-10-24(17)19)23-13-11-22(12-14-23)16-7-3-1-4-8-16/h1,3-4,7-8H,2,5-6,9-15H2. The molecule has 2 aromatic rings. The number of anilines is 1. The summed E-state index contributed by atoms with van der Waals surface area (Å²) < 4.78 is 2.21. The molecule has 6 nitrogen and oxygen atoms in total. The van der Waals surface area contributed by atoms with Crippen LogP contribution in [-0.4, -0.2) is 57.5 Å². The predicted molar refractivity (Wildman–Crippen MR) is 104 cm³/mol. The van der Waals surface area contributed by atoms with Crippen LogP contribution in [0.4, 0.5) is 5.69 Å². The van der Waals surface area contributed by atoms with Crippen LogP contribution in [0.2, 0.25) is 0 Å². The molecule has 1 aromatic carbocycles. The number of hydrogen-bond acceptors (Lipinski definition) is 5. The molecule has 0 spiro atoms. The first-order chi connectivity index (χ1) is 12.8. The minimum absolute atomic E-state index is 0.202. The number of amides is 1. The van der Waals surface area contributed by atoms with Gasteiger partial charge in [0.05, 0.1) is 5.75 Å². The summed E-state index contributed by atoms with van der Waals surface area (Å²) in [5.74, 6) is 1.73. The molecule has 0 radical (unpaired) electrons. The highest BCUT2D eigenvalue weighted by Crippen LogP contribution is 2.22. The highest BCUT2D eigenvalue weighted by atomic mass is 32.2. The number of nitrogens with zero attached hydrogens (tertiary/aromatic N) is 5. The number of carbonyl (C=O) groups is 1. The summed E-state index contributed by atoms with van der Waals surface area (Å²) in [6.45, 7) is 4.33. The molecular formula is C19H25N5OS. The Hall–Kier alpha value is -2.02. The Morgan fingerprint density at radius 1 is 0.962 bits per heavy atom. The van der Waals surface area contributed by atoms with Crippen molar-refractivity contribution in [2.75, 3.05) is 36.8 Å². The highest BCUT2D eigenvalue weighted by Gasteiger charge is 2.22. The molecule has 0 bridgehead atoms. The first kappa shape index (κ1) is 17.4. The van der Waals surface area contributed by atoms with Crippen molar-refractivity contribution in [2.24, 2.45) is 0 Å². The molecule has 0 atom stereocenters. The number of hydrogen-bond donors (Lipinski definition) is 0. The maximum Gasteiger partial charge on any atom is 0.233 e. The summed E-state index contributed by atoms with van der Waals surface area (Å²) in [6.07, 6.45) is 4.61. The minimum Gasteiger partial charge on any atom is -0.368 e. The number of benzene rings is 1. The van der Waals surface area contributed by atoms with Gasteiger partial charge in [0, 0.05) is 44.8 Å². The molecule has 0 N–H and O–H groups in total. The summed E-state index contributed by atoms with van der Waals surface area (Å²) in [5, 5.41) is 9.52. The van der Waals surface area contributed by atoms with Crippen molar-refractivity contribution in [1.82, 2.24) is 19.7 Å². The summed E-state index contributed by atoms with van der Waals surface area (Å²) in [4.78, 5) is 16.9. The van der Waals surface area contributed by atoms with E-state index in [0.717, 1.165) is 50.1 Å². The molecule has 1 amide bonds. The van der Waals surface area contributed by atoms with Crippen LogP contribution in [-0.2, 0) is 17.8 Å². The van der Waals surface area contributed by atoms with E-state index in [1.54, 1.807) is 0 Å². The number of para-hydroxylation sites is 1. The second-order valence-electron chi connectivity index (χ2n) is 6.85. The molecule has 1 saturated heterocycles. The van der Waals surface area contributed by atoms with Crippen LogP contribution in [0.5, 0.6) is 0 Å². The van der Waals surface area contributed by atoms with Crippen molar-refractivity contribution in [3.05, 3.63) is 36.2 Å². The van der Waals surface area contributed by atoms with Gasteiger partial charge >= 0.3 is 0 Å². The van der Waals surface area contributed by atoms with Gasteiger partial charge in [0.25, 0.3) is 0 Å². The van der Waals surface area contributed by atoms with Gasteiger partial charge < -0.3 is 14.4 Å². The van der Waals surface area contributed by atoms with E-state index in [9.17, 15) is 4.79 Å². The second-order valence-corrected chi connectivity index (χ2v) is 7.80. The molecular weight excluding hydrogens is 346 g/mol. The Kier molecular flexibility index (Phi) is 5.43. The maximum atomic E-state index is 12.6. The van der Waals surface area contributed by atoms with Crippen LogP contribution < -0.4 is 4.90 Å². The van der Waals surface area contributed by atoms with E-state index in [1.807, 2.05) is 11.0 Å². The van der Waals surface area contributed by atoms with E-state index in [2.05, 4.69) is 43.9 Å². The smallest absolute Gasteiger partial charge is 0.233 e. The molecule has 2 aliphatic heterocycles. The van der Waals surface area contributed by atoms with Gasteiger partial charge in [-0.2, -0.15) is 0 Å². The van der Waals surface area contributed by atoms with Crippen LogP contribution >= 0.6 is 11.8 Å². The van der Waals surface area contributed by atoms with Gasteiger partial charge in [-0.15, -0.1) is 10.2 Å². The van der Waals surface area contributed by atoms with Crippen LogP contribution in [0.25, 0.3) is 0 Å². The van der Waals surface area contributed by atoms with Crippen molar-refractivity contribution in [2.45, 2.75) is 37.4 Å². The number of rotatable bonds is 4. The number of aromatic nitrogens is 3. The topological polar surface area (TPSA) is 54.3 Å². The lowest BCUT2D eigenvalue weighted by molar-refractivity contribution is -0.128. The number of thioether (sulfide) groups is 1. The van der Waals surface area contributed by atoms with Gasteiger partial charge in [-0.1, -0.05) is 36.4 Å². The van der Waals surface area contributed by atoms with Crippen molar-refractivity contribution in [3.63, 3.8) is 0 Å². The summed E-state index contributed by atoms with van der Waals surface area (Å²) in [7, 11) is 0. The van der Waals surface area contributed by atoms with Crippen molar-refractivity contribution < 1.29 is 4.79 Å². The van der Waals surface area contributed by atoms with E-state index < -0.39 is 0 Å². The third-order valence-corrected chi connectivity index (χ3v) is 6.11. The lowest BCUT2D eigenvalue weighted by Gasteiger charge is -2.36. The van der Waals surface area contributed by atoms with Crippen LogP contribution in [0.3, 0.4) is 0 Å². The SMILES string of the molecule is O=C(CSc1nnc2n1CCCCC2)N1CCN(c2ccccc2)CC1. The van der Waals surface area contributed by atoms with Gasteiger partial charge in [0.2, 0.25) is 5.91 Å². The molecule has 0 unspecified atom stereocenters. The first-order valence-electron chi connectivity index (χ1n) is 9.44. The van der Waals surface area contributed by atoms with Crippen molar-refractivity contribution >= 4 is 23.4 Å². The number of carbonyl (C=O) groups excluding carboxylic acids is 1. The number of piperazine rings is 1. The fourth-order valence-electron chi connectivity index (χ4n) is 3.64. The minimum atomic E-state index is 0.202. The number of aryl methyl sites for hydroxylation is 1. The maximum absolute atomic E-state index is 12.6. The predicted octanol–water partition coefficient (Wildman–Crippen LogP) is 2.45. The highest BCUT2D eigenvalue weighted by molar-refractivity contribution is 7.99. The zero-order chi connectivity index (χ0) is 17.8. The van der Waals surface area contributed by atoms with Gasteiger partial charge in [-0.3, -0.25) is 4.79 Å². The lowest BCUT2D eigenvalue weighted by Crippen LogP contribution is -2.49. The van der Waals surface area contributed by atoms with Crippen LogP contribution in [0.1, 0.15) is 25.1 Å².